The van der Waals surface area contributed by atoms with Gasteiger partial charge >= 0.3 is 0 Å². The lowest BCUT2D eigenvalue weighted by atomic mass is 9.98. The van der Waals surface area contributed by atoms with E-state index < -0.39 is 15.8 Å². The van der Waals surface area contributed by atoms with Gasteiger partial charge in [0.25, 0.3) is 0 Å². The minimum atomic E-state index is -3.63. The largest absolute Gasteiger partial charge is 0.375 e. The minimum absolute atomic E-state index is 0.0609. The van der Waals surface area contributed by atoms with Gasteiger partial charge in [0.1, 0.15) is 5.82 Å². The molecule has 3 rings (SSSR count). The first kappa shape index (κ1) is 16.6. The number of hydrogen-bond acceptors (Lipinski definition) is 5. The molecule has 0 aliphatic carbocycles. The zero-order valence-electron chi connectivity index (χ0n) is 13.3. The highest BCUT2D eigenvalue weighted by Gasteiger charge is 2.36. The molecule has 1 N–H and O–H groups in total. The number of anilines is 1. The van der Waals surface area contributed by atoms with Crippen molar-refractivity contribution in [1.82, 2.24) is 9.62 Å². The summed E-state index contributed by atoms with van der Waals surface area (Å²) in [6.45, 7) is 2.99. The Bertz CT molecular complexity index is 683. The van der Waals surface area contributed by atoms with Crippen LogP contribution in [0.2, 0.25) is 0 Å². The second-order valence-corrected chi connectivity index (χ2v) is 7.90. The smallest absolute Gasteiger partial charge is 0.240 e. The highest BCUT2D eigenvalue weighted by molar-refractivity contribution is 7.89. The molecule has 0 bridgehead atoms. The number of rotatable bonds is 3. The van der Waals surface area contributed by atoms with E-state index in [1.54, 1.807) is 6.07 Å². The van der Waals surface area contributed by atoms with Crippen molar-refractivity contribution in [2.24, 2.45) is 0 Å². The second-order valence-electron chi connectivity index (χ2n) is 6.01. The SMILES string of the molecule is CNS(=O)(=O)c1ccc(N2CC[C@@H]3OCCN(C)[C@H]3C2)c(F)c1. The van der Waals surface area contributed by atoms with Crippen LogP contribution in [-0.2, 0) is 14.8 Å². The average molecular weight is 343 g/mol. The van der Waals surface area contributed by atoms with Gasteiger partial charge in [0, 0.05) is 19.6 Å². The third-order valence-electron chi connectivity index (χ3n) is 4.70. The summed E-state index contributed by atoms with van der Waals surface area (Å²) in [5.74, 6) is -0.515. The summed E-state index contributed by atoms with van der Waals surface area (Å²) in [5.41, 5.74) is 0.442. The van der Waals surface area contributed by atoms with Gasteiger partial charge in [-0.3, -0.25) is 4.90 Å². The summed E-state index contributed by atoms with van der Waals surface area (Å²) in [4.78, 5) is 4.16. The fourth-order valence-electron chi connectivity index (χ4n) is 3.29. The number of likely N-dealkylation sites (N-methyl/N-ethyl adjacent to an activating group) is 1. The van der Waals surface area contributed by atoms with Gasteiger partial charge in [-0.05, 0) is 38.7 Å². The summed E-state index contributed by atoms with van der Waals surface area (Å²) < 4.78 is 45.9. The maximum Gasteiger partial charge on any atom is 0.240 e. The normalized spacial score (nSPS) is 26.1. The van der Waals surface area contributed by atoms with Gasteiger partial charge in [-0.15, -0.1) is 0 Å². The number of halogens is 1. The molecule has 0 radical (unpaired) electrons. The number of ether oxygens (including phenoxy) is 1. The number of nitrogens with zero attached hydrogens (tertiary/aromatic N) is 2. The van der Waals surface area contributed by atoms with Crippen LogP contribution in [0.3, 0.4) is 0 Å². The second kappa shape index (κ2) is 6.35. The summed E-state index contributed by atoms with van der Waals surface area (Å²) in [6, 6.07) is 4.30. The Balaban J connectivity index is 1.82. The molecule has 0 saturated carbocycles. The Morgan fingerprint density at radius 3 is 2.83 bits per heavy atom. The Kier molecular flexibility index (Phi) is 4.59. The van der Waals surface area contributed by atoms with E-state index in [2.05, 4.69) is 16.7 Å². The Labute approximate surface area is 136 Å². The molecule has 6 nitrogen and oxygen atoms in total. The molecule has 8 heteroatoms. The first-order valence-electron chi connectivity index (χ1n) is 7.72. The molecule has 1 aromatic carbocycles. The highest BCUT2D eigenvalue weighted by Crippen LogP contribution is 2.29. The van der Waals surface area contributed by atoms with Crippen LogP contribution in [0.4, 0.5) is 10.1 Å². The highest BCUT2D eigenvalue weighted by atomic mass is 32.2. The third-order valence-corrected chi connectivity index (χ3v) is 6.11. The lowest BCUT2D eigenvalue weighted by molar-refractivity contribution is -0.0687. The first-order valence-corrected chi connectivity index (χ1v) is 9.20. The van der Waals surface area contributed by atoms with Crippen molar-refractivity contribution in [2.75, 3.05) is 45.2 Å². The molecule has 2 fully saturated rings. The molecule has 0 unspecified atom stereocenters. The molecule has 2 heterocycles. The number of piperidine rings is 1. The van der Waals surface area contributed by atoms with Crippen molar-refractivity contribution in [3.05, 3.63) is 24.0 Å². The molecule has 2 saturated heterocycles. The predicted octanol–water partition coefficient (Wildman–Crippen LogP) is 0.643. The van der Waals surface area contributed by atoms with Crippen LogP contribution < -0.4 is 9.62 Å². The molecular formula is C15H22FN3O3S. The third kappa shape index (κ3) is 3.21. The van der Waals surface area contributed by atoms with Crippen LogP contribution in [0, 0.1) is 5.82 Å². The zero-order valence-corrected chi connectivity index (χ0v) is 14.1. The van der Waals surface area contributed by atoms with Crippen LogP contribution in [-0.4, -0.2) is 65.8 Å². The van der Waals surface area contributed by atoms with Crippen LogP contribution in [0.5, 0.6) is 0 Å². The van der Waals surface area contributed by atoms with Gasteiger partial charge in [0.05, 0.1) is 29.3 Å². The van der Waals surface area contributed by atoms with Crippen molar-refractivity contribution in [3.63, 3.8) is 0 Å². The topological polar surface area (TPSA) is 61.9 Å². The van der Waals surface area contributed by atoms with Gasteiger partial charge in [-0.2, -0.15) is 0 Å². The van der Waals surface area contributed by atoms with Crippen molar-refractivity contribution < 1.29 is 17.5 Å². The van der Waals surface area contributed by atoms with Crippen LogP contribution in [0.1, 0.15) is 6.42 Å². The molecule has 1 aromatic rings. The molecule has 2 aliphatic heterocycles. The van der Waals surface area contributed by atoms with Crippen molar-refractivity contribution >= 4 is 15.7 Å². The Morgan fingerprint density at radius 2 is 2.13 bits per heavy atom. The number of benzene rings is 1. The monoisotopic (exact) mass is 343 g/mol. The van der Waals surface area contributed by atoms with Crippen LogP contribution in [0.15, 0.2) is 23.1 Å². The molecule has 0 amide bonds. The summed E-state index contributed by atoms with van der Waals surface area (Å²) in [7, 11) is -0.264. The van der Waals surface area contributed by atoms with E-state index >= 15 is 0 Å². The lowest BCUT2D eigenvalue weighted by Gasteiger charge is -2.46. The van der Waals surface area contributed by atoms with Crippen molar-refractivity contribution in [3.8, 4) is 0 Å². The number of hydrogen-bond donors (Lipinski definition) is 1. The van der Waals surface area contributed by atoms with E-state index in [0.29, 0.717) is 18.8 Å². The zero-order chi connectivity index (χ0) is 16.6. The predicted molar refractivity (Wildman–Crippen MR) is 85.6 cm³/mol. The van der Waals surface area contributed by atoms with E-state index in [4.69, 9.17) is 4.74 Å². The van der Waals surface area contributed by atoms with Gasteiger partial charge in [-0.1, -0.05) is 0 Å². The summed E-state index contributed by atoms with van der Waals surface area (Å²) in [6.07, 6.45) is 1.03. The van der Waals surface area contributed by atoms with Gasteiger partial charge < -0.3 is 9.64 Å². The van der Waals surface area contributed by atoms with Crippen LogP contribution in [0.25, 0.3) is 0 Å². The van der Waals surface area contributed by atoms with Gasteiger partial charge in [-0.25, -0.2) is 17.5 Å². The standard InChI is InChI=1S/C15H22FN3O3S/c1-17-23(20,21)11-3-4-13(12(16)9-11)19-6-5-15-14(10-19)18(2)7-8-22-15/h3-4,9,14-15,17H,5-8,10H2,1-2H3/t14-,15-/m0/s1. The van der Waals surface area contributed by atoms with E-state index in [0.717, 1.165) is 25.6 Å². The van der Waals surface area contributed by atoms with Crippen molar-refractivity contribution in [2.45, 2.75) is 23.5 Å². The minimum Gasteiger partial charge on any atom is -0.375 e. The van der Waals surface area contributed by atoms with Crippen molar-refractivity contribution in [1.29, 1.82) is 0 Å². The fourth-order valence-corrected chi connectivity index (χ4v) is 4.03. The average Bonchev–Trinajstić information content (AvgIpc) is 2.55. The Morgan fingerprint density at radius 1 is 1.35 bits per heavy atom. The molecule has 0 aromatic heterocycles. The number of fused-ring (bicyclic) bond motifs is 1. The molecule has 2 aliphatic rings. The summed E-state index contributed by atoms with van der Waals surface area (Å²) in [5, 5.41) is 0. The van der Waals surface area contributed by atoms with Crippen LogP contribution >= 0.6 is 0 Å². The quantitative estimate of drug-likeness (QED) is 0.873. The first-order chi connectivity index (χ1) is 10.9. The van der Waals surface area contributed by atoms with E-state index in [1.165, 1.54) is 13.1 Å². The van der Waals surface area contributed by atoms with E-state index in [9.17, 15) is 12.8 Å². The van der Waals surface area contributed by atoms with E-state index in [-0.39, 0.29) is 17.0 Å². The number of nitrogens with one attached hydrogen (secondary N) is 1. The maximum atomic E-state index is 14.4. The summed E-state index contributed by atoms with van der Waals surface area (Å²) >= 11 is 0. The molecular weight excluding hydrogens is 321 g/mol. The van der Waals surface area contributed by atoms with E-state index in [1.807, 2.05) is 4.90 Å². The fraction of sp³-hybridized carbons (Fsp3) is 0.600. The molecule has 128 valence electrons. The number of sulfonamides is 1. The lowest BCUT2D eigenvalue weighted by Crippen LogP contribution is -2.58. The molecule has 0 spiro atoms. The van der Waals surface area contributed by atoms with Gasteiger partial charge in [0.15, 0.2) is 0 Å². The maximum absolute atomic E-state index is 14.4. The molecule has 23 heavy (non-hydrogen) atoms. The van der Waals surface area contributed by atoms with Gasteiger partial charge in [0.2, 0.25) is 10.0 Å². The number of morpholine rings is 1. The Hall–Kier alpha value is -1.22. The molecule has 2 atom stereocenters.